The van der Waals surface area contributed by atoms with Crippen LogP contribution < -0.4 is 9.47 Å². The summed E-state index contributed by atoms with van der Waals surface area (Å²) in [5, 5.41) is 0. The summed E-state index contributed by atoms with van der Waals surface area (Å²) in [4.78, 5) is 0. The maximum atomic E-state index is 5.48. The standard InChI is InChI=1S/C11H15O2/c1-3-9-13-11-8-6-5-7-10(11)12-4-2/h5-6,8H,3-4,9H2,1-2H3. The van der Waals surface area contributed by atoms with Crippen LogP contribution in [0.1, 0.15) is 20.3 Å². The second-order valence-electron chi connectivity index (χ2n) is 2.64. The normalized spacial score (nSPS) is 9.69. The Morgan fingerprint density at radius 3 is 2.85 bits per heavy atom. The van der Waals surface area contributed by atoms with Crippen molar-refractivity contribution in [3.63, 3.8) is 0 Å². The minimum absolute atomic E-state index is 0.642. The van der Waals surface area contributed by atoms with E-state index in [9.17, 15) is 0 Å². The molecular weight excluding hydrogens is 164 g/mol. The van der Waals surface area contributed by atoms with E-state index in [0.29, 0.717) is 12.4 Å². The number of hydrogen-bond donors (Lipinski definition) is 0. The topological polar surface area (TPSA) is 18.5 Å². The first-order valence-electron chi connectivity index (χ1n) is 4.64. The highest BCUT2D eigenvalue weighted by Gasteiger charge is 2.01. The van der Waals surface area contributed by atoms with Gasteiger partial charge in [-0.2, -0.15) is 0 Å². The Hall–Kier alpha value is -1.18. The fourth-order valence-corrected chi connectivity index (χ4v) is 0.989. The third-order valence-corrected chi connectivity index (χ3v) is 1.53. The second kappa shape index (κ2) is 5.46. The Morgan fingerprint density at radius 2 is 2.15 bits per heavy atom. The quantitative estimate of drug-likeness (QED) is 0.691. The largest absolute Gasteiger partial charge is 0.490 e. The summed E-state index contributed by atoms with van der Waals surface area (Å²) in [6.45, 7) is 5.39. The Balaban J connectivity index is 2.66. The van der Waals surface area contributed by atoms with E-state index >= 15 is 0 Å². The lowest BCUT2D eigenvalue weighted by molar-refractivity contribution is 0.276. The molecule has 2 heteroatoms. The van der Waals surface area contributed by atoms with Crippen LogP contribution in [0.25, 0.3) is 0 Å². The lowest BCUT2D eigenvalue weighted by atomic mass is 10.3. The summed E-state index contributed by atoms with van der Waals surface area (Å²) in [6, 6.07) is 8.62. The van der Waals surface area contributed by atoms with E-state index < -0.39 is 0 Å². The van der Waals surface area contributed by atoms with E-state index in [1.54, 1.807) is 0 Å². The first-order valence-corrected chi connectivity index (χ1v) is 4.64. The van der Waals surface area contributed by atoms with Gasteiger partial charge in [-0.3, -0.25) is 0 Å². The molecule has 1 rings (SSSR count). The smallest absolute Gasteiger partial charge is 0.169 e. The molecule has 1 aromatic carbocycles. The highest BCUT2D eigenvalue weighted by molar-refractivity contribution is 5.38. The Bertz CT molecular complexity index is 246. The van der Waals surface area contributed by atoms with Crippen LogP contribution in [0, 0.1) is 6.07 Å². The number of ether oxygens (including phenoxy) is 2. The van der Waals surface area contributed by atoms with E-state index in [4.69, 9.17) is 9.47 Å². The lowest BCUT2D eigenvalue weighted by Crippen LogP contribution is -1.99. The third kappa shape index (κ3) is 2.98. The molecule has 0 heterocycles. The van der Waals surface area contributed by atoms with Crippen molar-refractivity contribution in [2.45, 2.75) is 20.3 Å². The van der Waals surface area contributed by atoms with Crippen molar-refractivity contribution in [2.75, 3.05) is 13.2 Å². The van der Waals surface area contributed by atoms with Crippen LogP contribution in [-0.2, 0) is 0 Å². The highest BCUT2D eigenvalue weighted by atomic mass is 16.5. The monoisotopic (exact) mass is 179 g/mol. The summed E-state index contributed by atoms with van der Waals surface area (Å²) in [7, 11) is 0. The predicted octanol–water partition coefficient (Wildman–Crippen LogP) is 2.67. The first kappa shape index (κ1) is 9.90. The van der Waals surface area contributed by atoms with E-state index in [-0.39, 0.29) is 0 Å². The SMILES string of the molecule is CCCOc1ccc[c]c1OCC. The van der Waals surface area contributed by atoms with Crippen LogP contribution in [0.4, 0.5) is 0 Å². The van der Waals surface area contributed by atoms with Crippen molar-refractivity contribution in [2.24, 2.45) is 0 Å². The molecule has 2 nitrogen and oxygen atoms in total. The number of hydrogen-bond acceptors (Lipinski definition) is 2. The Kier molecular flexibility index (Phi) is 4.16. The summed E-state index contributed by atoms with van der Waals surface area (Å²) in [5.74, 6) is 1.49. The molecule has 0 N–H and O–H groups in total. The molecule has 0 atom stereocenters. The minimum atomic E-state index is 0.642. The maximum absolute atomic E-state index is 5.48. The number of para-hydroxylation sites is 1. The zero-order valence-corrected chi connectivity index (χ0v) is 8.17. The predicted molar refractivity (Wildman–Crippen MR) is 52.2 cm³/mol. The van der Waals surface area contributed by atoms with Crippen LogP contribution in [0.15, 0.2) is 18.2 Å². The average molecular weight is 179 g/mol. The molecule has 0 spiro atoms. The molecule has 1 aromatic rings. The molecule has 0 bridgehead atoms. The summed E-state index contributed by atoms with van der Waals surface area (Å²) in [6.07, 6.45) is 1.00. The van der Waals surface area contributed by atoms with Crippen LogP contribution >= 0.6 is 0 Å². The molecule has 0 fully saturated rings. The van der Waals surface area contributed by atoms with Gasteiger partial charge < -0.3 is 9.47 Å². The van der Waals surface area contributed by atoms with Crippen LogP contribution in [0.2, 0.25) is 0 Å². The van der Waals surface area contributed by atoms with E-state index in [2.05, 4.69) is 13.0 Å². The Morgan fingerprint density at radius 1 is 1.31 bits per heavy atom. The van der Waals surface area contributed by atoms with E-state index in [1.165, 1.54) is 0 Å². The number of rotatable bonds is 5. The summed E-state index contributed by atoms with van der Waals surface area (Å²) < 4.78 is 10.8. The zero-order chi connectivity index (χ0) is 9.52. The van der Waals surface area contributed by atoms with Crippen molar-refractivity contribution in [3.05, 3.63) is 24.3 Å². The van der Waals surface area contributed by atoms with Crippen molar-refractivity contribution >= 4 is 0 Å². The van der Waals surface area contributed by atoms with Gasteiger partial charge in [-0.25, -0.2) is 0 Å². The molecule has 0 aromatic heterocycles. The van der Waals surface area contributed by atoms with Gasteiger partial charge in [0.15, 0.2) is 11.5 Å². The summed E-state index contributed by atoms with van der Waals surface area (Å²) in [5.41, 5.74) is 0. The van der Waals surface area contributed by atoms with Crippen LogP contribution in [-0.4, -0.2) is 13.2 Å². The maximum Gasteiger partial charge on any atom is 0.169 e. The van der Waals surface area contributed by atoms with E-state index in [0.717, 1.165) is 18.8 Å². The molecule has 1 radical (unpaired) electrons. The van der Waals surface area contributed by atoms with Gasteiger partial charge in [-0.05, 0) is 19.4 Å². The molecular formula is C11H15O2. The first-order chi connectivity index (χ1) is 6.38. The molecule has 71 valence electrons. The van der Waals surface area contributed by atoms with Crippen molar-refractivity contribution in [1.29, 1.82) is 0 Å². The van der Waals surface area contributed by atoms with E-state index in [1.807, 2.05) is 25.1 Å². The fraction of sp³-hybridized carbons (Fsp3) is 0.455. The van der Waals surface area contributed by atoms with Gasteiger partial charge in [0.05, 0.1) is 13.2 Å². The Labute approximate surface area is 79.5 Å². The van der Waals surface area contributed by atoms with Gasteiger partial charge in [0.25, 0.3) is 0 Å². The molecule has 0 amide bonds. The van der Waals surface area contributed by atoms with Crippen LogP contribution in [0.3, 0.4) is 0 Å². The van der Waals surface area contributed by atoms with Gasteiger partial charge in [0.1, 0.15) is 0 Å². The van der Waals surface area contributed by atoms with Crippen molar-refractivity contribution in [3.8, 4) is 11.5 Å². The molecule has 0 aliphatic rings. The molecule has 0 unspecified atom stereocenters. The van der Waals surface area contributed by atoms with Crippen molar-refractivity contribution < 1.29 is 9.47 Å². The molecule has 0 saturated heterocycles. The van der Waals surface area contributed by atoms with Crippen LogP contribution in [0.5, 0.6) is 11.5 Å². The van der Waals surface area contributed by atoms with Gasteiger partial charge in [-0.15, -0.1) is 0 Å². The fourth-order valence-electron chi connectivity index (χ4n) is 0.989. The van der Waals surface area contributed by atoms with Crippen molar-refractivity contribution in [1.82, 2.24) is 0 Å². The molecule has 0 aliphatic carbocycles. The zero-order valence-electron chi connectivity index (χ0n) is 8.17. The average Bonchev–Trinajstić information content (AvgIpc) is 2.17. The van der Waals surface area contributed by atoms with Gasteiger partial charge in [0, 0.05) is 6.07 Å². The molecule has 13 heavy (non-hydrogen) atoms. The highest BCUT2D eigenvalue weighted by Crippen LogP contribution is 2.25. The molecule has 0 aliphatic heterocycles. The van der Waals surface area contributed by atoms with Gasteiger partial charge in [0.2, 0.25) is 0 Å². The third-order valence-electron chi connectivity index (χ3n) is 1.53. The minimum Gasteiger partial charge on any atom is -0.490 e. The lowest BCUT2D eigenvalue weighted by Gasteiger charge is -2.09. The van der Waals surface area contributed by atoms with Gasteiger partial charge >= 0.3 is 0 Å². The second-order valence-corrected chi connectivity index (χ2v) is 2.64. The molecule has 0 saturated carbocycles. The summed E-state index contributed by atoms with van der Waals surface area (Å²) >= 11 is 0. The van der Waals surface area contributed by atoms with Gasteiger partial charge in [-0.1, -0.05) is 19.1 Å². The number of benzene rings is 1.